The first kappa shape index (κ1) is 22.2. The van der Waals surface area contributed by atoms with E-state index in [1.165, 1.54) is 42.7 Å². The van der Waals surface area contributed by atoms with E-state index in [0.29, 0.717) is 15.8 Å². The van der Waals surface area contributed by atoms with Crippen LogP contribution in [0.25, 0.3) is 0 Å². The lowest BCUT2D eigenvalue weighted by Crippen LogP contribution is -2.36. The molecule has 0 bridgehead atoms. The van der Waals surface area contributed by atoms with Gasteiger partial charge in [-0.05, 0) is 42.5 Å². The van der Waals surface area contributed by atoms with Crippen molar-refractivity contribution >= 4 is 46.6 Å². The predicted molar refractivity (Wildman–Crippen MR) is 115 cm³/mol. The zero-order valence-electron chi connectivity index (χ0n) is 15.9. The molecule has 1 heterocycles. The monoisotopic (exact) mass is 461 g/mol. The van der Waals surface area contributed by atoms with Crippen LogP contribution in [0.1, 0.15) is 26.5 Å². The van der Waals surface area contributed by atoms with Crippen LogP contribution in [0.15, 0.2) is 59.2 Å². The molecule has 0 atom stereocenters. The van der Waals surface area contributed by atoms with Gasteiger partial charge in [-0.25, -0.2) is 0 Å². The second kappa shape index (κ2) is 10.0. The number of phenols is 1. The van der Waals surface area contributed by atoms with Crippen LogP contribution < -0.4 is 16.0 Å². The Bertz CT molecular complexity index is 1100. The first-order valence-electron chi connectivity index (χ1n) is 8.99. The molecule has 10 heteroatoms. The molecule has 0 unspecified atom stereocenters. The highest BCUT2D eigenvalue weighted by Gasteiger charge is 2.15. The van der Waals surface area contributed by atoms with Crippen molar-refractivity contribution < 1.29 is 23.9 Å². The maximum Gasteiger partial charge on any atom is 0.255 e. The van der Waals surface area contributed by atoms with Crippen LogP contribution in [0.4, 0.5) is 5.69 Å². The Morgan fingerprint density at radius 2 is 1.68 bits per heavy atom. The Morgan fingerprint density at radius 1 is 0.935 bits per heavy atom. The number of carbonyl (C=O) groups excluding carboxylic acids is 3. The zero-order chi connectivity index (χ0) is 22.4. The molecule has 0 aliphatic rings. The molecule has 0 radical (unpaired) electrons. The zero-order valence-corrected chi connectivity index (χ0v) is 17.5. The highest BCUT2D eigenvalue weighted by Crippen LogP contribution is 2.24. The highest BCUT2D eigenvalue weighted by atomic mass is 35.5. The second-order valence-corrected chi connectivity index (χ2v) is 7.26. The number of hydrogen-bond donors (Lipinski definition) is 4. The van der Waals surface area contributed by atoms with Gasteiger partial charge in [0.2, 0.25) is 5.91 Å². The third-order valence-electron chi connectivity index (χ3n) is 4.07. The molecule has 0 spiro atoms. The Balaban J connectivity index is 1.56. The van der Waals surface area contributed by atoms with Crippen molar-refractivity contribution in [2.45, 2.75) is 6.54 Å². The molecule has 2 aromatic carbocycles. The smallest absolute Gasteiger partial charge is 0.255 e. The summed E-state index contributed by atoms with van der Waals surface area (Å²) < 4.78 is 5.09. The number of nitrogens with one attached hydrogen (secondary N) is 3. The van der Waals surface area contributed by atoms with Crippen LogP contribution in [-0.4, -0.2) is 29.4 Å². The van der Waals surface area contributed by atoms with E-state index in [0.717, 1.165) is 0 Å². The molecule has 0 saturated carbocycles. The summed E-state index contributed by atoms with van der Waals surface area (Å²) in [5, 5.41) is 18.3. The van der Waals surface area contributed by atoms with E-state index in [9.17, 15) is 19.5 Å². The minimum atomic E-state index is -0.648. The van der Waals surface area contributed by atoms with Crippen molar-refractivity contribution in [2.75, 3.05) is 11.9 Å². The average molecular weight is 462 g/mol. The van der Waals surface area contributed by atoms with Crippen molar-refractivity contribution in [1.29, 1.82) is 0 Å². The van der Waals surface area contributed by atoms with Gasteiger partial charge in [-0.2, -0.15) is 0 Å². The normalized spacial score (nSPS) is 10.4. The van der Waals surface area contributed by atoms with Crippen LogP contribution in [0.2, 0.25) is 10.0 Å². The summed E-state index contributed by atoms with van der Waals surface area (Å²) >= 11 is 11.8. The summed E-state index contributed by atoms with van der Waals surface area (Å²) in [6.45, 7) is -0.0911. The first-order valence-corrected chi connectivity index (χ1v) is 9.75. The maximum absolute atomic E-state index is 12.3. The van der Waals surface area contributed by atoms with Gasteiger partial charge in [0.15, 0.2) is 0 Å². The summed E-state index contributed by atoms with van der Waals surface area (Å²) in [6.07, 6.45) is 1.49. The minimum Gasteiger partial charge on any atom is -0.507 e. The largest absolute Gasteiger partial charge is 0.507 e. The Hall–Kier alpha value is -3.49. The van der Waals surface area contributed by atoms with E-state index in [4.69, 9.17) is 27.6 Å². The van der Waals surface area contributed by atoms with Crippen LogP contribution >= 0.6 is 23.2 Å². The van der Waals surface area contributed by atoms with Crippen LogP contribution in [0.5, 0.6) is 5.75 Å². The molecular weight excluding hydrogens is 445 g/mol. The fraction of sp³-hybridized carbons (Fsp3) is 0.0952. The molecule has 31 heavy (non-hydrogen) atoms. The lowest BCUT2D eigenvalue weighted by Gasteiger charge is -2.10. The fourth-order valence-electron chi connectivity index (χ4n) is 2.61. The van der Waals surface area contributed by atoms with Crippen LogP contribution in [-0.2, 0) is 11.3 Å². The van der Waals surface area contributed by atoms with Crippen LogP contribution in [0, 0.1) is 0 Å². The number of halogens is 2. The van der Waals surface area contributed by atoms with Crippen molar-refractivity contribution in [2.24, 2.45) is 0 Å². The van der Waals surface area contributed by atoms with Crippen LogP contribution in [0.3, 0.4) is 0 Å². The molecule has 0 saturated heterocycles. The maximum atomic E-state index is 12.3. The number of hydrogen-bond acceptors (Lipinski definition) is 5. The first-order chi connectivity index (χ1) is 14.8. The average Bonchev–Trinajstić information content (AvgIpc) is 3.23. The number of benzene rings is 2. The van der Waals surface area contributed by atoms with Gasteiger partial charge in [-0.15, -0.1) is 0 Å². The van der Waals surface area contributed by atoms with Gasteiger partial charge in [0.1, 0.15) is 11.5 Å². The lowest BCUT2D eigenvalue weighted by atomic mass is 10.1. The molecule has 3 amide bonds. The van der Waals surface area contributed by atoms with Crippen molar-refractivity contribution in [3.8, 4) is 5.75 Å². The Morgan fingerprint density at radius 3 is 2.32 bits per heavy atom. The number of amides is 3. The fourth-order valence-corrected chi connectivity index (χ4v) is 3.13. The van der Waals surface area contributed by atoms with Gasteiger partial charge < -0.3 is 25.5 Å². The second-order valence-electron chi connectivity index (χ2n) is 6.38. The number of aromatic hydroxyl groups is 1. The van der Waals surface area contributed by atoms with Gasteiger partial charge in [0, 0.05) is 27.4 Å². The molecular formula is C21H17Cl2N3O5. The number of carbonyl (C=O) groups is 3. The number of rotatable bonds is 7. The van der Waals surface area contributed by atoms with Crippen molar-refractivity contribution in [1.82, 2.24) is 10.6 Å². The van der Waals surface area contributed by atoms with Gasteiger partial charge in [0.05, 0.1) is 24.9 Å². The third-order valence-corrected chi connectivity index (χ3v) is 4.51. The minimum absolute atomic E-state index is 0.0531. The van der Waals surface area contributed by atoms with E-state index in [1.54, 1.807) is 12.1 Å². The Kier molecular flexibility index (Phi) is 7.17. The highest BCUT2D eigenvalue weighted by molar-refractivity contribution is 6.35. The van der Waals surface area contributed by atoms with E-state index < -0.39 is 17.7 Å². The van der Waals surface area contributed by atoms with E-state index in [-0.39, 0.29) is 35.7 Å². The molecule has 1 aromatic heterocycles. The third kappa shape index (κ3) is 6.24. The van der Waals surface area contributed by atoms with E-state index >= 15 is 0 Å². The summed E-state index contributed by atoms with van der Waals surface area (Å²) in [5.41, 5.74) is 0.438. The summed E-state index contributed by atoms with van der Waals surface area (Å²) in [7, 11) is 0. The molecule has 3 aromatic rings. The van der Waals surface area contributed by atoms with Crippen molar-refractivity contribution in [3.05, 3.63) is 81.7 Å². The molecule has 160 valence electrons. The molecule has 0 aliphatic carbocycles. The number of anilines is 1. The molecule has 0 fully saturated rings. The summed E-state index contributed by atoms with van der Waals surface area (Å²) in [5.74, 6) is -1.35. The Labute approximate surface area is 187 Å². The lowest BCUT2D eigenvalue weighted by molar-refractivity contribution is -0.120. The summed E-state index contributed by atoms with van der Waals surface area (Å²) in [4.78, 5) is 36.4. The quantitative estimate of drug-likeness (QED) is 0.428. The SMILES string of the molecule is O=C(CNC(=O)c1ccc(NC(=O)c2cc(Cl)cc(Cl)c2)cc1O)NCc1ccco1. The molecule has 8 nitrogen and oxygen atoms in total. The van der Waals surface area contributed by atoms with Gasteiger partial charge >= 0.3 is 0 Å². The molecule has 3 rings (SSSR count). The number of phenolic OH excluding ortho intramolecular Hbond substituents is 1. The van der Waals surface area contributed by atoms with E-state index in [1.807, 2.05) is 0 Å². The van der Waals surface area contributed by atoms with E-state index in [2.05, 4.69) is 16.0 Å². The summed E-state index contributed by atoms with van der Waals surface area (Å²) in [6, 6.07) is 11.8. The predicted octanol–water partition coefficient (Wildman–Crippen LogP) is 3.59. The van der Waals surface area contributed by atoms with Gasteiger partial charge in [-0.3, -0.25) is 14.4 Å². The molecule has 0 aliphatic heterocycles. The van der Waals surface area contributed by atoms with Gasteiger partial charge in [-0.1, -0.05) is 23.2 Å². The standard InChI is InChI=1S/C21H17Cl2N3O5/c22-13-6-12(7-14(23)8-13)20(29)26-15-3-4-17(18(27)9-15)21(30)25-11-19(28)24-10-16-2-1-5-31-16/h1-9,27H,10-11H2,(H,24,28)(H,25,30)(H,26,29). The topological polar surface area (TPSA) is 121 Å². The van der Waals surface area contributed by atoms with Gasteiger partial charge in [0.25, 0.3) is 11.8 Å². The van der Waals surface area contributed by atoms with Crippen molar-refractivity contribution in [3.63, 3.8) is 0 Å². The number of furan rings is 1. The molecule has 4 N–H and O–H groups in total.